The fourth-order valence-corrected chi connectivity index (χ4v) is 1.72. The summed E-state index contributed by atoms with van der Waals surface area (Å²) in [5, 5.41) is 2.89. The maximum Gasteiger partial charge on any atom is 0.387 e. The van der Waals surface area contributed by atoms with E-state index in [1.54, 1.807) is 24.3 Å². The average molecular weight is 298 g/mol. The van der Waals surface area contributed by atoms with Crippen LogP contribution in [0.3, 0.4) is 0 Å². The molecule has 0 aliphatic heterocycles. The van der Waals surface area contributed by atoms with Crippen molar-refractivity contribution in [1.29, 1.82) is 0 Å². The van der Waals surface area contributed by atoms with Crippen LogP contribution in [0.15, 0.2) is 36.4 Å². The minimum atomic E-state index is -3.12. The molecule has 0 unspecified atom stereocenters. The van der Waals surface area contributed by atoms with E-state index in [1.165, 1.54) is 7.11 Å². The van der Waals surface area contributed by atoms with Crippen molar-refractivity contribution in [2.24, 2.45) is 0 Å². The van der Waals surface area contributed by atoms with Crippen LogP contribution in [-0.4, -0.2) is 13.7 Å². The summed E-state index contributed by atoms with van der Waals surface area (Å²) < 4.78 is 47.0. The number of halogens is 3. The molecule has 0 bridgehead atoms. The number of alkyl halides is 2. The Labute approximate surface area is 119 Å². The molecule has 0 atom stereocenters. The molecule has 0 fully saturated rings. The number of anilines is 3. The molecule has 0 radical (unpaired) electrons. The number of nitrogens with two attached hydrogens (primary N) is 1. The third-order valence-electron chi connectivity index (χ3n) is 2.67. The van der Waals surface area contributed by atoms with Crippen molar-refractivity contribution < 1.29 is 22.6 Å². The SMILES string of the molecule is COc1cccc(Nc2cc(OC(F)F)c(F)cc2N)c1. The number of methoxy groups -OCH3 is 1. The second-order valence-electron chi connectivity index (χ2n) is 4.11. The zero-order valence-electron chi connectivity index (χ0n) is 11.1. The van der Waals surface area contributed by atoms with Crippen molar-refractivity contribution in [3.63, 3.8) is 0 Å². The molecule has 4 nitrogen and oxygen atoms in total. The van der Waals surface area contributed by atoms with Crippen LogP contribution in [0.1, 0.15) is 0 Å². The molecule has 21 heavy (non-hydrogen) atoms. The predicted molar refractivity (Wildman–Crippen MR) is 73.7 cm³/mol. The maximum atomic E-state index is 13.5. The molecule has 112 valence electrons. The minimum absolute atomic E-state index is 0.0666. The van der Waals surface area contributed by atoms with Gasteiger partial charge in [0.1, 0.15) is 5.75 Å². The summed E-state index contributed by atoms with van der Waals surface area (Å²) in [5.41, 5.74) is 6.59. The number of ether oxygens (including phenoxy) is 2. The zero-order valence-corrected chi connectivity index (χ0v) is 11.1. The Morgan fingerprint density at radius 3 is 2.62 bits per heavy atom. The molecule has 0 aromatic heterocycles. The number of nitrogens with one attached hydrogen (secondary N) is 1. The lowest BCUT2D eigenvalue weighted by Crippen LogP contribution is -2.05. The molecule has 2 aromatic rings. The van der Waals surface area contributed by atoms with Gasteiger partial charge in [-0.3, -0.25) is 0 Å². The Hall–Kier alpha value is -2.57. The number of hydrogen-bond acceptors (Lipinski definition) is 4. The fourth-order valence-electron chi connectivity index (χ4n) is 1.72. The van der Waals surface area contributed by atoms with Gasteiger partial charge >= 0.3 is 6.61 Å². The summed E-state index contributed by atoms with van der Waals surface area (Å²) in [6, 6.07) is 8.87. The first-order valence-corrected chi connectivity index (χ1v) is 5.94. The Bertz CT molecular complexity index is 636. The quantitative estimate of drug-likeness (QED) is 0.825. The standard InChI is InChI=1S/C14H13F3N2O2/c1-20-9-4-2-3-8(5-9)19-12-7-13(21-14(16)17)10(15)6-11(12)18/h2-7,14,19H,18H2,1H3. The van der Waals surface area contributed by atoms with E-state index in [4.69, 9.17) is 10.5 Å². The Morgan fingerprint density at radius 2 is 1.95 bits per heavy atom. The van der Waals surface area contributed by atoms with Crippen molar-refractivity contribution >= 4 is 17.1 Å². The van der Waals surface area contributed by atoms with Crippen LogP contribution in [0.2, 0.25) is 0 Å². The van der Waals surface area contributed by atoms with E-state index < -0.39 is 18.2 Å². The van der Waals surface area contributed by atoms with E-state index in [1.807, 2.05) is 0 Å². The van der Waals surface area contributed by atoms with E-state index in [2.05, 4.69) is 10.1 Å². The number of hydrogen-bond donors (Lipinski definition) is 2. The van der Waals surface area contributed by atoms with Gasteiger partial charge < -0.3 is 20.5 Å². The molecule has 3 N–H and O–H groups in total. The van der Waals surface area contributed by atoms with Crippen LogP contribution < -0.4 is 20.5 Å². The second kappa shape index (κ2) is 6.25. The van der Waals surface area contributed by atoms with Crippen molar-refractivity contribution in [3.8, 4) is 11.5 Å². The van der Waals surface area contributed by atoms with Gasteiger partial charge in [0.2, 0.25) is 0 Å². The molecule has 7 heteroatoms. The number of rotatable bonds is 5. The molecule has 0 spiro atoms. The topological polar surface area (TPSA) is 56.5 Å². The first-order chi connectivity index (χ1) is 9.99. The first kappa shape index (κ1) is 14.8. The lowest BCUT2D eigenvalue weighted by molar-refractivity contribution is -0.0521. The van der Waals surface area contributed by atoms with Gasteiger partial charge in [-0.05, 0) is 12.1 Å². The Morgan fingerprint density at radius 1 is 1.19 bits per heavy atom. The van der Waals surface area contributed by atoms with Crippen LogP contribution >= 0.6 is 0 Å². The summed E-state index contributed by atoms with van der Waals surface area (Å²) in [6.07, 6.45) is 0. The monoisotopic (exact) mass is 298 g/mol. The number of nitrogen functional groups attached to an aromatic ring is 1. The van der Waals surface area contributed by atoms with E-state index in [0.29, 0.717) is 11.4 Å². The largest absolute Gasteiger partial charge is 0.497 e. The van der Waals surface area contributed by atoms with Crippen LogP contribution in [0.4, 0.5) is 30.2 Å². The minimum Gasteiger partial charge on any atom is -0.497 e. The molecule has 0 aliphatic carbocycles. The number of benzene rings is 2. The van der Waals surface area contributed by atoms with Crippen molar-refractivity contribution in [3.05, 3.63) is 42.2 Å². The Balaban J connectivity index is 2.30. The van der Waals surface area contributed by atoms with E-state index in [9.17, 15) is 13.2 Å². The molecule has 0 aliphatic rings. The summed E-state index contributed by atoms with van der Waals surface area (Å²) in [6.45, 7) is -3.12. The van der Waals surface area contributed by atoms with Gasteiger partial charge in [0.15, 0.2) is 11.6 Å². The molecular formula is C14H13F3N2O2. The van der Waals surface area contributed by atoms with Gasteiger partial charge in [-0.2, -0.15) is 8.78 Å². The summed E-state index contributed by atoms with van der Waals surface area (Å²) in [4.78, 5) is 0. The third kappa shape index (κ3) is 3.71. The smallest absolute Gasteiger partial charge is 0.387 e. The van der Waals surface area contributed by atoms with Gasteiger partial charge in [-0.15, -0.1) is 0 Å². The summed E-state index contributed by atoms with van der Waals surface area (Å²) in [5.74, 6) is -0.932. The normalized spacial score (nSPS) is 10.5. The van der Waals surface area contributed by atoms with E-state index in [0.717, 1.165) is 12.1 Å². The van der Waals surface area contributed by atoms with Gasteiger partial charge in [-0.1, -0.05) is 6.07 Å². The maximum absolute atomic E-state index is 13.5. The summed E-state index contributed by atoms with van der Waals surface area (Å²) in [7, 11) is 1.51. The van der Waals surface area contributed by atoms with Gasteiger partial charge in [0, 0.05) is 23.9 Å². The van der Waals surface area contributed by atoms with E-state index in [-0.39, 0.29) is 11.4 Å². The highest BCUT2D eigenvalue weighted by molar-refractivity contribution is 5.74. The van der Waals surface area contributed by atoms with Crippen molar-refractivity contribution in [2.45, 2.75) is 6.61 Å². The van der Waals surface area contributed by atoms with Gasteiger partial charge in [0.05, 0.1) is 18.5 Å². The van der Waals surface area contributed by atoms with Crippen molar-refractivity contribution in [2.75, 3.05) is 18.2 Å². The highest BCUT2D eigenvalue weighted by atomic mass is 19.3. The second-order valence-corrected chi connectivity index (χ2v) is 4.11. The van der Waals surface area contributed by atoms with Crippen molar-refractivity contribution in [1.82, 2.24) is 0 Å². The third-order valence-corrected chi connectivity index (χ3v) is 2.67. The average Bonchev–Trinajstić information content (AvgIpc) is 2.44. The highest BCUT2D eigenvalue weighted by Crippen LogP contribution is 2.32. The molecule has 2 aromatic carbocycles. The molecular weight excluding hydrogens is 285 g/mol. The van der Waals surface area contributed by atoms with Crippen LogP contribution in [-0.2, 0) is 0 Å². The Kier molecular flexibility index (Phi) is 4.42. The highest BCUT2D eigenvalue weighted by Gasteiger charge is 2.13. The van der Waals surface area contributed by atoms with Gasteiger partial charge in [-0.25, -0.2) is 4.39 Å². The molecule has 0 saturated heterocycles. The zero-order chi connectivity index (χ0) is 15.4. The molecule has 0 amide bonds. The predicted octanol–water partition coefficient (Wildman–Crippen LogP) is 3.76. The van der Waals surface area contributed by atoms with Crippen LogP contribution in [0.5, 0.6) is 11.5 Å². The lowest BCUT2D eigenvalue weighted by atomic mass is 10.2. The summed E-state index contributed by atoms with van der Waals surface area (Å²) >= 11 is 0. The lowest BCUT2D eigenvalue weighted by Gasteiger charge is -2.13. The van der Waals surface area contributed by atoms with Crippen LogP contribution in [0, 0.1) is 5.82 Å². The fraction of sp³-hybridized carbons (Fsp3) is 0.143. The van der Waals surface area contributed by atoms with Crippen LogP contribution in [0.25, 0.3) is 0 Å². The first-order valence-electron chi connectivity index (χ1n) is 5.94. The van der Waals surface area contributed by atoms with Gasteiger partial charge in [0.25, 0.3) is 0 Å². The molecule has 2 rings (SSSR count). The molecule has 0 saturated carbocycles. The van der Waals surface area contributed by atoms with E-state index >= 15 is 0 Å². The molecule has 0 heterocycles.